The summed E-state index contributed by atoms with van der Waals surface area (Å²) in [7, 11) is 0. The molecule has 1 saturated heterocycles. The smallest absolute Gasteiger partial charge is 0.303 e. The highest BCUT2D eigenvalue weighted by atomic mass is 16.6. The van der Waals surface area contributed by atoms with Crippen LogP contribution in [-0.4, -0.2) is 23.3 Å². The highest BCUT2D eigenvalue weighted by Gasteiger charge is 2.35. The van der Waals surface area contributed by atoms with Crippen molar-refractivity contribution < 1.29 is 14.6 Å². The van der Waals surface area contributed by atoms with E-state index in [1.807, 2.05) is 12.2 Å². The monoisotopic (exact) mass is 344 g/mol. The number of rotatable bonds is 14. The van der Waals surface area contributed by atoms with Gasteiger partial charge in [0.15, 0.2) is 0 Å². The Morgan fingerprint density at radius 3 is 1.80 bits per heavy atom. The summed E-state index contributed by atoms with van der Waals surface area (Å²) in [5, 5.41) is 8.51. The average molecular weight is 344 g/mol. The highest BCUT2D eigenvalue weighted by Crippen LogP contribution is 2.29. The molecule has 138 valence electrons. The van der Waals surface area contributed by atoms with Crippen LogP contribution in [0.5, 0.6) is 0 Å². The van der Waals surface area contributed by atoms with E-state index in [0.29, 0.717) is 18.6 Å². The van der Waals surface area contributed by atoms with E-state index in [2.05, 4.69) is 55.5 Å². The van der Waals surface area contributed by atoms with Crippen LogP contribution in [0.2, 0.25) is 0 Å². The van der Waals surface area contributed by atoms with Gasteiger partial charge in [0.25, 0.3) is 0 Å². The van der Waals surface area contributed by atoms with Gasteiger partial charge < -0.3 is 9.84 Å². The van der Waals surface area contributed by atoms with E-state index in [0.717, 1.165) is 38.5 Å². The van der Waals surface area contributed by atoms with Gasteiger partial charge in [-0.05, 0) is 44.9 Å². The SMILES string of the molecule is CCC=CCC=CC[C@H]1O[C@H]1CC=CCC=CCC=CCCC(=O)O. The fourth-order valence-corrected chi connectivity index (χ4v) is 2.36. The maximum absolute atomic E-state index is 10.3. The first-order valence-corrected chi connectivity index (χ1v) is 9.36. The van der Waals surface area contributed by atoms with E-state index in [-0.39, 0.29) is 6.42 Å². The molecule has 0 saturated carbocycles. The third-order valence-corrected chi connectivity index (χ3v) is 3.83. The zero-order chi connectivity index (χ0) is 18.2. The zero-order valence-electron chi connectivity index (χ0n) is 15.3. The molecule has 1 heterocycles. The Balaban J connectivity index is 1.96. The third-order valence-electron chi connectivity index (χ3n) is 3.83. The second-order valence-corrected chi connectivity index (χ2v) is 6.09. The normalized spacial score (nSPS) is 20.8. The number of carboxylic acid groups (broad SMARTS) is 1. The topological polar surface area (TPSA) is 49.8 Å². The van der Waals surface area contributed by atoms with E-state index in [4.69, 9.17) is 9.84 Å². The number of hydrogen-bond acceptors (Lipinski definition) is 2. The fourth-order valence-electron chi connectivity index (χ4n) is 2.36. The van der Waals surface area contributed by atoms with E-state index in [9.17, 15) is 4.79 Å². The Morgan fingerprint density at radius 1 is 0.800 bits per heavy atom. The molecular formula is C22H32O3. The number of carboxylic acids is 1. The predicted octanol–water partition coefficient (Wildman–Crippen LogP) is 5.76. The number of carbonyl (C=O) groups is 1. The highest BCUT2D eigenvalue weighted by molar-refractivity contribution is 5.66. The van der Waals surface area contributed by atoms with Crippen LogP contribution >= 0.6 is 0 Å². The predicted molar refractivity (Wildman–Crippen MR) is 105 cm³/mol. The molecule has 0 spiro atoms. The van der Waals surface area contributed by atoms with Crippen molar-refractivity contribution in [2.24, 2.45) is 0 Å². The quantitative estimate of drug-likeness (QED) is 0.322. The fraction of sp³-hybridized carbons (Fsp3) is 0.500. The summed E-state index contributed by atoms with van der Waals surface area (Å²) in [6.45, 7) is 2.15. The van der Waals surface area contributed by atoms with Gasteiger partial charge in [-0.1, -0.05) is 67.7 Å². The first kappa shape index (κ1) is 21.2. The minimum atomic E-state index is -0.743. The molecule has 2 atom stereocenters. The number of allylic oxidation sites excluding steroid dienone is 8. The third kappa shape index (κ3) is 13.1. The summed E-state index contributed by atoms with van der Waals surface area (Å²) >= 11 is 0. The van der Waals surface area contributed by atoms with Crippen molar-refractivity contribution in [3.8, 4) is 0 Å². The summed E-state index contributed by atoms with van der Waals surface area (Å²) in [6.07, 6.45) is 28.9. The van der Waals surface area contributed by atoms with E-state index < -0.39 is 5.97 Å². The maximum atomic E-state index is 10.3. The van der Waals surface area contributed by atoms with Gasteiger partial charge in [0.05, 0.1) is 12.2 Å². The molecule has 3 heteroatoms. The number of ether oxygens (including phenoxy) is 1. The first-order valence-electron chi connectivity index (χ1n) is 9.36. The zero-order valence-corrected chi connectivity index (χ0v) is 15.3. The van der Waals surface area contributed by atoms with Crippen molar-refractivity contribution in [1.29, 1.82) is 0 Å². The van der Waals surface area contributed by atoms with Gasteiger partial charge in [0, 0.05) is 6.42 Å². The second-order valence-electron chi connectivity index (χ2n) is 6.09. The molecule has 0 bridgehead atoms. The van der Waals surface area contributed by atoms with Crippen LogP contribution in [-0.2, 0) is 9.53 Å². The molecule has 0 aromatic carbocycles. The van der Waals surface area contributed by atoms with E-state index >= 15 is 0 Å². The van der Waals surface area contributed by atoms with Crippen LogP contribution in [0.3, 0.4) is 0 Å². The van der Waals surface area contributed by atoms with Gasteiger partial charge in [-0.2, -0.15) is 0 Å². The molecule has 0 aromatic rings. The molecule has 3 nitrogen and oxygen atoms in total. The molecule has 1 aliphatic rings. The summed E-state index contributed by atoms with van der Waals surface area (Å²) in [4.78, 5) is 10.3. The molecule has 25 heavy (non-hydrogen) atoms. The Bertz CT molecular complexity index is 497. The molecule has 1 aliphatic heterocycles. The van der Waals surface area contributed by atoms with Gasteiger partial charge in [-0.3, -0.25) is 4.79 Å². The van der Waals surface area contributed by atoms with Crippen molar-refractivity contribution in [3.63, 3.8) is 0 Å². The molecule has 0 aromatic heterocycles. The minimum absolute atomic E-state index is 0.207. The van der Waals surface area contributed by atoms with E-state index in [1.54, 1.807) is 0 Å². The molecule has 1 fully saturated rings. The van der Waals surface area contributed by atoms with Crippen molar-refractivity contribution in [3.05, 3.63) is 60.8 Å². The molecule has 0 radical (unpaired) electrons. The van der Waals surface area contributed by atoms with Crippen LogP contribution in [0.1, 0.15) is 58.3 Å². The van der Waals surface area contributed by atoms with Gasteiger partial charge in [0.1, 0.15) is 0 Å². The lowest BCUT2D eigenvalue weighted by atomic mass is 10.1. The maximum Gasteiger partial charge on any atom is 0.303 e. The van der Waals surface area contributed by atoms with Gasteiger partial charge in [0.2, 0.25) is 0 Å². The number of hydrogen-bond donors (Lipinski definition) is 1. The second kappa shape index (κ2) is 14.5. The lowest BCUT2D eigenvalue weighted by Gasteiger charge is -1.88. The summed E-state index contributed by atoms with van der Waals surface area (Å²) < 4.78 is 5.65. The molecule has 0 aliphatic carbocycles. The van der Waals surface area contributed by atoms with Crippen LogP contribution in [0, 0.1) is 0 Å². The first-order chi connectivity index (χ1) is 12.2. The molecule has 0 amide bonds. The van der Waals surface area contributed by atoms with Crippen LogP contribution in [0.15, 0.2) is 60.8 Å². The summed E-state index contributed by atoms with van der Waals surface area (Å²) in [5.74, 6) is -0.743. The van der Waals surface area contributed by atoms with Crippen molar-refractivity contribution in [1.82, 2.24) is 0 Å². The lowest BCUT2D eigenvalue weighted by molar-refractivity contribution is -0.136. The van der Waals surface area contributed by atoms with Crippen molar-refractivity contribution in [2.75, 3.05) is 0 Å². The van der Waals surface area contributed by atoms with Crippen molar-refractivity contribution >= 4 is 5.97 Å². The molecule has 1 rings (SSSR count). The van der Waals surface area contributed by atoms with Crippen LogP contribution < -0.4 is 0 Å². The Kier molecular flexibility index (Phi) is 12.3. The van der Waals surface area contributed by atoms with Crippen LogP contribution in [0.25, 0.3) is 0 Å². The Hall–Kier alpha value is -1.87. The number of epoxide rings is 1. The molecular weight excluding hydrogens is 312 g/mol. The largest absolute Gasteiger partial charge is 0.481 e. The van der Waals surface area contributed by atoms with Gasteiger partial charge in [-0.25, -0.2) is 0 Å². The van der Waals surface area contributed by atoms with Gasteiger partial charge in [-0.15, -0.1) is 0 Å². The van der Waals surface area contributed by atoms with E-state index in [1.165, 1.54) is 0 Å². The van der Waals surface area contributed by atoms with Crippen LogP contribution in [0.4, 0.5) is 0 Å². The van der Waals surface area contributed by atoms with Crippen molar-refractivity contribution in [2.45, 2.75) is 70.5 Å². The number of aliphatic carboxylic acids is 1. The summed E-state index contributed by atoms with van der Waals surface area (Å²) in [5.41, 5.74) is 0. The summed E-state index contributed by atoms with van der Waals surface area (Å²) in [6, 6.07) is 0. The molecule has 0 unspecified atom stereocenters. The average Bonchev–Trinajstić information content (AvgIpc) is 3.34. The Morgan fingerprint density at radius 2 is 1.28 bits per heavy atom. The Labute approximate surface area is 152 Å². The van der Waals surface area contributed by atoms with Gasteiger partial charge >= 0.3 is 5.97 Å². The lowest BCUT2D eigenvalue weighted by Crippen LogP contribution is -1.91. The molecule has 1 N–H and O–H groups in total. The minimum Gasteiger partial charge on any atom is -0.481 e. The standard InChI is InChI=1S/C22H32O3/c1-2-3-4-5-11-14-17-20-21(25-20)18-15-12-9-7-6-8-10-13-16-19-22(23)24/h3-4,6-7,10-15,20-21H,2,5,8-9,16-19H2,1H3,(H,23,24)/t20-,21+/m1/s1.